The van der Waals surface area contributed by atoms with Crippen molar-refractivity contribution in [1.82, 2.24) is 20.3 Å². The summed E-state index contributed by atoms with van der Waals surface area (Å²) < 4.78 is 0. The van der Waals surface area contributed by atoms with Crippen molar-refractivity contribution in [2.24, 2.45) is 5.73 Å². The van der Waals surface area contributed by atoms with E-state index in [1.807, 2.05) is 0 Å². The van der Waals surface area contributed by atoms with Crippen LogP contribution < -0.4 is 11.1 Å². The third-order valence-corrected chi connectivity index (χ3v) is 2.76. The molecule has 2 rings (SSSR count). The molecule has 1 amide bonds. The number of nitrogens with one attached hydrogen (secondary N) is 2. The first-order valence-corrected chi connectivity index (χ1v) is 6.18. The summed E-state index contributed by atoms with van der Waals surface area (Å²) in [6.07, 6.45) is 0. The first-order chi connectivity index (χ1) is 9.36. The van der Waals surface area contributed by atoms with Crippen LogP contribution in [0.5, 0.6) is 0 Å². The summed E-state index contributed by atoms with van der Waals surface area (Å²) in [5.74, 6) is -1.07. The maximum absolute atomic E-state index is 11.8. The normalized spacial score (nSPS) is 10.3. The third kappa shape index (κ3) is 3.06. The van der Waals surface area contributed by atoms with Crippen LogP contribution in [0.15, 0.2) is 18.2 Å². The lowest BCUT2D eigenvalue weighted by molar-refractivity contribution is 0.0970. The summed E-state index contributed by atoms with van der Waals surface area (Å²) in [6, 6.07) is 4.80. The summed E-state index contributed by atoms with van der Waals surface area (Å²) in [7, 11) is 0. The number of amides is 1. The number of carbonyl (C=O) groups is 1. The smallest absolute Gasteiger partial charge is 0.280 e. The molecule has 0 bridgehead atoms. The van der Waals surface area contributed by atoms with Gasteiger partial charge in [-0.05, 0) is 25.1 Å². The number of nitrogens with two attached hydrogens (primary N) is 1. The number of guanidine groups is 1. The molecule has 0 unspecified atom stereocenters. The van der Waals surface area contributed by atoms with E-state index < -0.39 is 11.9 Å². The van der Waals surface area contributed by atoms with Crippen LogP contribution >= 0.6 is 23.2 Å². The zero-order valence-corrected chi connectivity index (χ0v) is 11.8. The van der Waals surface area contributed by atoms with Crippen molar-refractivity contribution in [1.29, 1.82) is 5.41 Å². The van der Waals surface area contributed by atoms with Gasteiger partial charge in [-0.15, -0.1) is 5.10 Å². The lowest BCUT2D eigenvalue weighted by Gasteiger charge is -2.01. The fourth-order valence-electron chi connectivity index (χ4n) is 1.54. The number of aryl methyl sites for hydroxylation is 1. The van der Waals surface area contributed by atoms with E-state index in [-0.39, 0.29) is 5.69 Å². The second-order valence-corrected chi connectivity index (χ2v) is 4.79. The van der Waals surface area contributed by atoms with E-state index in [1.165, 1.54) is 4.80 Å². The van der Waals surface area contributed by atoms with Gasteiger partial charge in [0.2, 0.25) is 0 Å². The maximum Gasteiger partial charge on any atom is 0.280 e. The lowest BCUT2D eigenvalue weighted by Crippen LogP contribution is -2.36. The van der Waals surface area contributed by atoms with Crippen LogP contribution in [0.2, 0.25) is 10.0 Å². The zero-order chi connectivity index (χ0) is 14.9. The summed E-state index contributed by atoms with van der Waals surface area (Å²) in [5, 5.41) is 18.2. The second-order valence-electron chi connectivity index (χ2n) is 3.92. The Hall–Kier alpha value is -2.12. The van der Waals surface area contributed by atoms with Crippen molar-refractivity contribution in [3.05, 3.63) is 39.6 Å². The van der Waals surface area contributed by atoms with E-state index in [9.17, 15) is 4.79 Å². The van der Waals surface area contributed by atoms with Crippen molar-refractivity contribution in [2.45, 2.75) is 6.92 Å². The Morgan fingerprint density at radius 3 is 2.45 bits per heavy atom. The number of benzene rings is 1. The van der Waals surface area contributed by atoms with Gasteiger partial charge < -0.3 is 5.73 Å². The van der Waals surface area contributed by atoms with Crippen LogP contribution in [0, 0.1) is 12.3 Å². The van der Waals surface area contributed by atoms with Crippen molar-refractivity contribution in [3.63, 3.8) is 0 Å². The van der Waals surface area contributed by atoms with Crippen LogP contribution in [0.25, 0.3) is 5.69 Å². The minimum Gasteiger partial charge on any atom is -0.370 e. The Kier molecular flexibility index (Phi) is 3.91. The minimum atomic E-state index is -0.602. The van der Waals surface area contributed by atoms with E-state index in [2.05, 4.69) is 15.5 Å². The van der Waals surface area contributed by atoms with Crippen molar-refractivity contribution >= 4 is 35.1 Å². The lowest BCUT2D eigenvalue weighted by atomic mass is 10.3. The van der Waals surface area contributed by atoms with E-state index in [0.29, 0.717) is 21.4 Å². The summed E-state index contributed by atoms with van der Waals surface area (Å²) in [4.78, 5) is 13.0. The van der Waals surface area contributed by atoms with E-state index in [0.717, 1.165) is 0 Å². The quantitative estimate of drug-likeness (QED) is 0.576. The highest BCUT2D eigenvalue weighted by molar-refractivity contribution is 6.34. The fourth-order valence-corrected chi connectivity index (χ4v) is 2.05. The Morgan fingerprint density at radius 1 is 1.30 bits per heavy atom. The molecule has 1 heterocycles. The molecule has 20 heavy (non-hydrogen) atoms. The maximum atomic E-state index is 11.8. The molecule has 1 aromatic heterocycles. The van der Waals surface area contributed by atoms with Crippen molar-refractivity contribution in [2.75, 3.05) is 0 Å². The highest BCUT2D eigenvalue weighted by Gasteiger charge is 2.17. The van der Waals surface area contributed by atoms with Gasteiger partial charge in [-0.1, -0.05) is 23.2 Å². The van der Waals surface area contributed by atoms with Gasteiger partial charge in [0.05, 0.1) is 11.4 Å². The number of hydrogen-bond donors (Lipinski definition) is 3. The largest absolute Gasteiger partial charge is 0.370 e. The van der Waals surface area contributed by atoms with Gasteiger partial charge in [0.25, 0.3) is 5.91 Å². The topological polar surface area (TPSA) is 110 Å². The van der Waals surface area contributed by atoms with Crippen LogP contribution in [0.3, 0.4) is 0 Å². The number of hydrogen-bond acceptors (Lipinski definition) is 4. The minimum absolute atomic E-state index is 0.0660. The fraction of sp³-hybridized carbons (Fsp3) is 0.0909. The predicted octanol–water partition coefficient (Wildman–Crippen LogP) is 1.51. The Labute approximate surface area is 124 Å². The molecule has 1 aromatic carbocycles. The van der Waals surface area contributed by atoms with E-state index >= 15 is 0 Å². The molecule has 104 valence electrons. The molecule has 0 atom stereocenters. The van der Waals surface area contributed by atoms with Gasteiger partial charge in [-0.3, -0.25) is 15.5 Å². The molecule has 4 N–H and O–H groups in total. The standard InChI is InChI=1S/C11H10Cl2N6O/c1-5-9(10(20)16-11(14)15)18-19(17-5)8-3-6(12)2-7(13)4-8/h2-4H,1H3,(H4,14,15,16,20). The molecule has 0 spiro atoms. The van der Waals surface area contributed by atoms with Crippen LogP contribution in [0.4, 0.5) is 0 Å². The number of aromatic nitrogens is 3. The molecule has 7 nitrogen and oxygen atoms in total. The third-order valence-electron chi connectivity index (χ3n) is 2.32. The molecule has 0 radical (unpaired) electrons. The molecule has 2 aromatic rings. The Balaban J connectivity index is 2.40. The SMILES string of the molecule is Cc1nn(-c2cc(Cl)cc(Cl)c2)nc1C(=O)NC(=N)N. The number of nitrogens with zero attached hydrogens (tertiary/aromatic N) is 3. The van der Waals surface area contributed by atoms with Crippen molar-refractivity contribution < 1.29 is 4.79 Å². The van der Waals surface area contributed by atoms with Gasteiger partial charge >= 0.3 is 0 Å². The van der Waals surface area contributed by atoms with Crippen LogP contribution in [-0.2, 0) is 0 Å². The second kappa shape index (κ2) is 5.48. The highest BCUT2D eigenvalue weighted by atomic mass is 35.5. The van der Waals surface area contributed by atoms with E-state index in [4.69, 9.17) is 34.3 Å². The van der Waals surface area contributed by atoms with Gasteiger partial charge in [-0.2, -0.15) is 9.90 Å². The number of carbonyl (C=O) groups excluding carboxylic acids is 1. The molecule has 0 saturated carbocycles. The summed E-state index contributed by atoms with van der Waals surface area (Å²) >= 11 is 11.8. The molecule has 0 aliphatic carbocycles. The Bertz CT molecular complexity index is 676. The molecule has 0 aliphatic heterocycles. The van der Waals surface area contributed by atoms with Gasteiger partial charge in [-0.25, -0.2) is 0 Å². The van der Waals surface area contributed by atoms with Gasteiger partial charge in [0.15, 0.2) is 11.7 Å². The summed E-state index contributed by atoms with van der Waals surface area (Å²) in [6.45, 7) is 1.62. The average molecular weight is 313 g/mol. The number of halogens is 2. The molecular formula is C11H10Cl2N6O. The zero-order valence-electron chi connectivity index (χ0n) is 10.3. The van der Waals surface area contributed by atoms with Crippen LogP contribution in [0.1, 0.15) is 16.2 Å². The molecule has 9 heteroatoms. The van der Waals surface area contributed by atoms with Crippen molar-refractivity contribution in [3.8, 4) is 5.69 Å². The molecule has 0 aliphatic rings. The monoisotopic (exact) mass is 312 g/mol. The first-order valence-electron chi connectivity index (χ1n) is 5.42. The molecule has 0 saturated heterocycles. The number of rotatable bonds is 2. The Morgan fingerprint density at radius 2 is 1.90 bits per heavy atom. The van der Waals surface area contributed by atoms with E-state index in [1.54, 1.807) is 25.1 Å². The molecular weight excluding hydrogens is 303 g/mol. The highest BCUT2D eigenvalue weighted by Crippen LogP contribution is 2.21. The van der Waals surface area contributed by atoms with Gasteiger partial charge in [0.1, 0.15) is 0 Å². The summed E-state index contributed by atoms with van der Waals surface area (Å²) in [5.41, 5.74) is 6.08. The average Bonchev–Trinajstić information content (AvgIpc) is 2.69. The van der Waals surface area contributed by atoms with Crippen LogP contribution in [-0.4, -0.2) is 26.9 Å². The first kappa shape index (κ1) is 14.3. The molecule has 0 fully saturated rings. The predicted molar refractivity (Wildman–Crippen MR) is 75.5 cm³/mol. The van der Waals surface area contributed by atoms with Gasteiger partial charge in [0, 0.05) is 10.0 Å².